The van der Waals surface area contributed by atoms with E-state index in [1.807, 2.05) is 37.4 Å². The summed E-state index contributed by atoms with van der Waals surface area (Å²) in [7, 11) is 1.85. The zero-order valence-corrected chi connectivity index (χ0v) is 18.8. The van der Waals surface area contributed by atoms with Crippen LogP contribution in [-0.4, -0.2) is 15.7 Å². The van der Waals surface area contributed by atoms with Crippen molar-refractivity contribution < 1.29 is 9.53 Å². The first-order valence-corrected chi connectivity index (χ1v) is 10.3. The predicted molar refractivity (Wildman–Crippen MR) is 118 cm³/mol. The number of rotatable bonds is 6. The Morgan fingerprint density at radius 2 is 1.90 bits per heavy atom. The number of aromatic nitrogens is 2. The van der Waals surface area contributed by atoms with E-state index in [9.17, 15) is 4.79 Å². The lowest BCUT2D eigenvalue weighted by Crippen LogP contribution is -2.24. The highest BCUT2D eigenvalue weighted by atomic mass is 79.9. The quantitative estimate of drug-likeness (QED) is 0.569. The molecule has 0 aliphatic rings. The number of ether oxygens (including phenoxy) is 1. The summed E-state index contributed by atoms with van der Waals surface area (Å²) >= 11 is 3.44. The lowest BCUT2D eigenvalue weighted by Gasteiger charge is -2.19. The van der Waals surface area contributed by atoms with Gasteiger partial charge in [-0.05, 0) is 56.7 Å². The topological polar surface area (TPSA) is 56.2 Å². The van der Waals surface area contributed by atoms with Crippen LogP contribution >= 0.6 is 15.9 Å². The third-order valence-electron chi connectivity index (χ3n) is 4.74. The van der Waals surface area contributed by atoms with Crippen molar-refractivity contribution >= 4 is 21.8 Å². The minimum atomic E-state index is -0.130. The van der Waals surface area contributed by atoms with Crippen LogP contribution in [0.3, 0.4) is 0 Å². The average molecular weight is 456 g/mol. The van der Waals surface area contributed by atoms with Crippen molar-refractivity contribution in [2.75, 3.05) is 0 Å². The van der Waals surface area contributed by atoms with E-state index in [0.29, 0.717) is 18.7 Å². The van der Waals surface area contributed by atoms with E-state index in [2.05, 4.69) is 59.2 Å². The Morgan fingerprint density at radius 1 is 1.17 bits per heavy atom. The molecule has 3 rings (SSSR count). The SMILES string of the molecule is Cn1ncc(Br)c1CNC(=O)c1cccc(COc2ccc(C(C)(C)C)cc2)c1. The fourth-order valence-electron chi connectivity index (χ4n) is 2.92. The van der Waals surface area contributed by atoms with Crippen molar-refractivity contribution in [3.8, 4) is 5.75 Å². The number of benzene rings is 2. The van der Waals surface area contributed by atoms with E-state index < -0.39 is 0 Å². The Morgan fingerprint density at radius 3 is 2.52 bits per heavy atom. The standard InChI is InChI=1S/C23H26BrN3O2/c1-23(2,3)18-8-10-19(11-9-18)29-15-16-6-5-7-17(12-16)22(28)25-14-21-20(24)13-26-27(21)4/h5-13H,14-15H2,1-4H3,(H,25,28). The number of halogens is 1. The molecule has 5 nitrogen and oxygen atoms in total. The normalized spacial score (nSPS) is 11.3. The summed E-state index contributed by atoms with van der Waals surface area (Å²) in [4.78, 5) is 12.5. The van der Waals surface area contributed by atoms with E-state index >= 15 is 0 Å². The van der Waals surface area contributed by atoms with Gasteiger partial charge in [0.2, 0.25) is 0 Å². The van der Waals surface area contributed by atoms with Gasteiger partial charge in [0.1, 0.15) is 12.4 Å². The lowest BCUT2D eigenvalue weighted by molar-refractivity contribution is 0.0950. The first-order chi connectivity index (χ1) is 13.7. The van der Waals surface area contributed by atoms with E-state index in [1.54, 1.807) is 16.9 Å². The molecule has 0 unspecified atom stereocenters. The molecule has 0 bridgehead atoms. The van der Waals surface area contributed by atoms with Gasteiger partial charge < -0.3 is 10.1 Å². The van der Waals surface area contributed by atoms with Crippen LogP contribution < -0.4 is 10.1 Å². The van der Waals surface area contributed by atoms with E-state index in [1.165, 1.54) is 5.56 Å². The smallest absolute Gasteiger partial charge is 0.251 e. The van der Waals surface area contributed by atoms with Gasteiger partial charge in [0.15, 0.2) is 0 Å². The number of nitrogens with zero attached hydrogens (tertiary/aromatic N) is 2. The second-order valence-electron chi connectivity index (χ2n) is 8.01. The van der Waals surface area contributed by atoms with E-state index in [-0.39, 0.29) is 11.3 Å². The maximum atomic E-state index is 12.5. The van der Waals surface area contributed by atoms with Gasteiger partial charge in [-0.1, -0.05) is 45.0 Å². The van der Waals surface area contributed by atoms with Gasteiger partial charge >= 0.3 is 0 Å². The molecule has 1 aromatic heterocycles. The monoisotopic (exact) mass is 455 g/mol. The van der Waals surface area contributed by atoms with Crippen LogP contribution in [0.25, 0.3) is 0 Å². The molecule has 0 fully saturated rings. The highest BCUT2D eigenvalue weighted by Gasteiger charge is 2.13. The van der Waals surface area contributed by atoms with Crippen molar-refractivity contribution in [1.29, 1.82) is 0 Å². The molecule has 0 radical (unpaired) electrons. The van der Waals surface area contributed by atoms with Crippen LogP contribution in [0, 0.1) is 0 Å². The number of hydrogen-bond donors (Lipinski definition) is 1. The Balaban J connectivity index is 1.59. The molecule has 0 aliphatic heterocycles. The lowest BCUT2D eigenvalue weighted by atomic mass is 9.87. The van der Waals surface area contributed by atoms with Crippen molar-refractivity contribution in [3.63, 3.8) is 0 Å². The van der Waals surface area contributed by atoms with Crippen molar-refractivity contribution in [2.45, 2.75) is 39.3 Å². The number of amides is 1. The van der Waals surface area contributed by atoms with Gasteiger partial charge in [0.05, 0.1) is 22.9 Å². The predicted octanol–water partition coefficient (Wildman–Crippen LogP) is 4.99. The molecular formula is C23H26BrN3O2. The molecule has 0 saturated heterocycles. The Hall–Kier alpha value is -2.60. The second-order valence-corrected chi connectivity index (χ2v) is 8.86. The molecule has 0 spiro atoms. The van der Waals surface area contributed by atoms with Crippen molar-refractivity contribution in [3.05, 3.63) is 81.6 Å². The van der Waals surface area contributed by atoms with Gasteiger partial charge in [-0.25, -0.2) is 0 Å². The van der Waals surface area contributed by atoms with Gasteiger partial charge in [-0.3, -0.25) is 9.48 Å². The van der Waals surface area contributed by atoms with Gasteiger partial charge in [-0.2, -0.15) is 5.10 Å². The molecule has 1 N–H and O–H groups in total. The summed E-state index contributed by atoms with van der Waals surface area (Å²) in [5.41, 5.74) is 3.84. The highest BCUT2D eigenvalue weighted by Crippen LogP contribution is 2.24. The minimum absolute atomic E-state index is 0.116. The van der Waals surface area contributed by atoms with E-state index in [4.69, 9.17) is 4.74 Å². The summed E-state index contributed by atoms with van der Waals surface area (Å²) in [6.45, 7) is 7.37. The first kappa shape index (κ1) is 21.1. The summed E-state index contributed by atoms with van der Waals surface area (Å²) in [5.74, 6) is 0.684. The summed E-state index contributed by atoms with van der Waals surface area (Å²) in [6.07, 6.45) is 1.72. The summed E-state index contributed by atoms with van der Waals surface area (Å²) in [5, 5.41) is 7.09. The third kappa shape index (κ3) is 5.48. The Labute approximate surface area is 180 Å². The van der Waals surface area contributed by atoms with Crippen LogP contribution in [0.15, 0.2) is 59.2 Å². The zero-order chi connectivity index (χ0) is 21.0. The van der Waals surface area contributed by atoms with Crippen LogP contribution in [0.1, 0.15) is 48.0 Å². The molecule has 0 saturated carbocycles. The number of carbonyl (C=O) groups is 1. The van der Waals surface area contributed by atoms with Crippen molar-refractivity contribution in [1.82, 2.24) is 15.1 Å². The largest absolute Gasteiger partial charge is 0.489 e. The Bertz CT molecular complexity index is 969. The molecule has 3 aromatic rings. The number of aryl methyl sites for hydroxylation is 1. The van der Waals surface area contributed by atoms with Crippen LogP contribution in [0.5, 0.6) is 5.75 Å². The number of nitrogens with one attached hydrogen (secondary N) is 1. The van der Waals surface area contributed by atoms with Gasteiger partial charge in [0, 0.05) is 12.6 Å². The Kier molecular flexibility index (Phi) is 6.42. The number of hydrogen-bond acceptors (Lipinski definition) is 3. The van der Waals surface area contributed by atoms with Gasteiger partial charge in [-0.15, -0.1) is 0 Å². The molecule has 152 valence electrons. The molecule has 29 heavy (non-hydrogen) atoms. The molecule has 1 amide bonds. The summed E-state index contributed by atoms with van der Waals surface area (Å²) < 4.78 is 8.51. The van der Waals surface area contributed by atoms with Gasteiger partial charge in [0.25, 0.3) is 5.91 Å². The maximum Gasteiger partial charge on any atom is 0.251 e. The average Bonchev–Trinajstić information content (AvgIpc) is 3.02. The maximum absolute atomic E-state index is 12.5. The van der Waals surface area contributed by atoms with E-state index in [0.717, 1.165) is 21.5 Å². The third-order valence-corrected chi connectivity index (χ3v) is 5.40. The zero-order valence-electron chi connectivity index (χ0n) is 17.2. The molecule has 6 heteroatoms. The molecule has 1 heterocycles. The molecule has 2 aromatic carbocycles. The van der Waals surface area contributed by atoms with Crippen molar-refractivity contribution in [2.24, 2.45) is 7.05 Å². The van der Waals surface area contributed by atoms with Crippen LogP contribution in [0.2, 0.25) is 0 Å². The second kappa shape index (κ2) is 8.82. The molecule has 0 aliphatic carbocycles. The van der Waals surface area contributed by atoms with Crippen LogP contribution in [0.4, 0.5) is 0 Å². The first-order valence-electron chi connectivity index (χ1n) is 9.51. The number of carbonyl (C=O) groups excluding carboxylic acids is 1. The highest BCUT2D eigenvalue weighted by molar-refractivity contribution is 9.10. The van der Waals surface area contributed by atoms with Crippen LogP contribution in [-0.2, 0) is 25.6 Å². The fourth-order valence-corrected chi connectivity index (χ4v) is 3.41. The molecule has 0 atom stereocenters. The minimum Gasteiger partial charge on any atom is -0.489 e. The fraction of sp³-hybridized carbons (Fsp3) is 0.304. The summed E-state index contributed by atoms with van der Waals surface area (Å²) in [6, 6.07) is 15.7. The molecular weight excluding hydrogens is 430 g/mol.